The maximum absolute atomic E-state index is 5.48. The topological polar surface area (TPSA) is 24.5 Å². The molecule has 2 atom stereocenters. The van der Waals surface area contributed by atoms with Gasteiger partial charge in [0.1, 0.15) is 0 Å². The highest BCUT2D eigenvalue weighted by Gasteiger charge is 2.25. The number of likely N-dealkylation sites (N-methyl/N-ethyl adjacent to an activating group) is 1. The number of ether oxygens (including phenoxy) is 1. The molecule has 2 unspecified atom stereocenters. The minimum atomic E-state index is 0.436. The summed E-state index contributed by atoms with van der Waals surface area (Å²) in [7, 11) is 1.83. The Morgan fingerprint density at radius 3 is 2.93 bits per heavy atom. The summed E-state index contributed by atoms with van der Waals surface area (Å²) in [6.07, 6.45) is 1.70. The molecule has 3 heteroatoms. The number of nitrogens with one attached hydrogen (secondary N) is 1. The van der Waals surface area contributed by atoms with Crippen LogP contribution in [0.3, 0.4) is 0 Å². The summed E-state index contributed by atoms with van der Waals surface area (Å²) < 4.78 is 5.48. The zero-order valence-electron chi connectivity index (χ0n) is 9.75. The molecule has 1 fully saturated rings. The number of hydrogen-bond acceptors (Lipinski definition) is 3. The number of nitrogens with zero attached hydrogens (tertiary/aromatic N) is 1. The van der Waals surface area contributed by atoms with E-state index in [1.54, 1.807) is 0 Å². The molecule has 14 heavy (non-hydrogen) atoms. The molecule has 0 bridgehead atoms. The van der Waals surface area contributed by atoms with E-state index in [0.717, 1.165) is 32.1 Å². The van der Waals surface area contributed by atoms with Crippen molar-refractivity contribution in [3.05, 3.63) is 0 Å². The molecule has 0 aromatic carbocycles. The standard InChI is InChI=1S/C11H24N2O/c1-4-12-6-8-13-7-5-10(2)11(9-13)14-3/h10-12H,4-9H2,1-3H3. The highest BCUT2D eigenvalue weighted by atomic mass is 16.5. The second kappa shape index (κ2) is 6.38. The first-order valence-corrected chi connectivity index (χ1v) is 5.73. The molecule has 1 rings (SSSR count). The average Bonchev–Trinajstić information content (AvgIpc) is 2.21. The van der Waals surface area contributed by atoms with Crippen molar-refractivity contribution < 1.29 is 4.74 Å². The van der Waals surface area contributed by atoms with Crippen LogP contribution in [0, 0.1) is 5.92 Å². The Kier molecular flexibility index (Phi) is 5.45. The molecule has 3 nitrogen and oxygen atoms in total. The third kappa shape index (κ3) is 3.56. The molecule has 0 aliphatic carbocycles. The first-order valence-electron chi connectivity index (χ1n) is 5.73. The fraction of sp³-hybridized carbons (Fsp3) is 1.00. The normalized spacial score (nSPS) is 29.4. The summed E-state index contributed by atoms with van der Waals surface area (Å²) in [4.78, 5) is 2.50. The van der Waals surface area contributed by atoms with Gasteiger partial charge in [0.25, 0.3) is 0 Å². The van der Waals surface area contributed by atoms with Crippen molar-refractivity contribution in [1.82, 2.24) is 10.2 Å². The van der Waals surface area contributed by atoms with Crippen molar-refractivity contribution in [2.75, 3.05) is 39.8 Å². The molecule has 1 heterocycles. The van der Waals surface area contributed by atoms with E-state index >= 15 is 0 Å². The Morgan fingerprint density at radius 1 is 1.50 bits per heavy atom. The highest BCUT2D eigenvalue weighted by molar-refractivity contribution is 4.78. The van der Waals surface area contributed by atoms with Crippen molar-refractivity contribution in [3.8, 4) is 0 Å². The van der Waals surface area contributed by atoms with Crippen molar-refractivity contribution >= 4 is 0 Å². The van der Waals surface area contributed by atoms with Gasteiger partial charge in [0.15, 0.2) is 0 Å². The van der Waals surface area contributed by atoms with Gasteiger partial charge in [-0.3, -0.25) is 4.90 Å². The first kappa shape index (κ1) is 12.0. The fourth-order valence-corrected chi connectivity index (χ4v) is 2.02. The van der Waals surface area contributed by atoms with Crippen LogP contribution in [0.15, 0.2) is 0 Å². The molecule has 0 saturated carbocycles. The lowest BCUT2D eigenvalue weighted by atomic mass is 9.96. The van der Waals surface area contributed by atoms with Crippen LogP contribution in [0.1, 0.15) is 20.3 Å². The molecule has 1 N–H and O–H groups in total. The predicted molar refractivity (Wildman–Crippen MR) is 59.6 cm³/mol. The molecular weight excluding hydrogens is 176 g/mol. The smallest absolute Gasteiger partial charge is 0.0724 e. The van der Waals surface area contributed by atoms with Gasteiger partial charge in [-0.25, -0.2) is 0 Å². The molecule has 0 spiro atoms. The molecule has 1 aliphatic rings. The van der Waals surface area contributed by atoms with E-state index in [0.29, 0.717) is 6.10 Å². The lowest BCUT2D eigenvalue weighted by Gasteiger charge is -2.36. The quantitative estimate of drug-likeness (QED) is 0.669. The maximum atomic E-state index is 5.48. The van der Waals surface area contributed by atoms with Gasteiger partial charge in [-0.1, -0.05) is 13.8 Å². The minimum absolute atomic E-state index is 0.436. The highest BCUT2D eigenvalue weighted by Crippen LogP contribution is 2.18. The predicted octanol–water partition coefficient (Wildman–Crippen LogP) is 0.953. The summed E-state index contributed by atoms with van der Waals surface area (Å²) in [5.74, 6) is 0.718. The Morgan fingerprint density at radius 2 is 2.29 bits per heavy atom. The van der Waals surface area contributed by atoms with Crippen LogP contribution in [0.2, 0.25) is 0 Å². The summed E-state index contributed by atoms with van der Waals surface area (Å²) in [6.45, 7) is 10.1. The molecule has 0 aromatic rings. The Hall–Kier alpha value is -0.120. The van der Waals surface area contributed by atoms with E-state index in [-0.39, 0.29) is 0 Å². The summed E-state index contributed by atoms with van der Waals surface area (Å²) >= 11 is 0. The van der Waals surface area contributed by atoms with Crippen molar-refractivity contribution in [1.29, 1.82) is 0 Å². The van der Waals surface area contributed by atoms with Crippen LogP contribution in [0.4, 0.5) is 0 Å². The van der Waals surface area contributed by atoms with Gasteiger partial charge in [0.2, 0.25) is 0 Å². The number of likely N-dealkylation sites (tertiary alicyclic amines) is 1. The maximum Gasteiger partial charge on any atom is 0.0724 e. The number of hydrogen-bond donors (Lipinski definition) is 1. The van der Waals surface area contributed by atoms with Crippen molar-refractivity contribution in [2.45, 2.75) is 26.4 Å². The largest absolute Gasteiger partial charge is 0.380 e. The van der Waals surface area contributed by atoms with Gasteiger partial charge in [0.05, 0.1) is 6.10 Å². The average molecular weight is 200 g/mol. The van der Waals surface area contributed by atoms with E-state index in [9.17, 15) is 0 Å². The molecule has 1 aliphatic heterocycles. The summed E-state index contributed by atoms with van der Waals surface area (Å²) in [5.41, 5.74) is 0. The lowest BCUT2D eigenvalue weighted by Crippen LogP contribution is -2.45. The van der Waals surface area contributed by atoms with Gasteiger partial charge in [-0.15, -0.1) is 0 Å². The van der Waals surface area contributed by atoms with E-state index in [2.05, 4.69) is 24.1 Å². The third-order valence-electron chi connectivity index (χ3n) is 3.13. The Balaban J connectivity index is 2.21. The van der Waals surface area contributed by atoms with Crippen LogP contribution in [0.5, 0.6) is 0 Å². The van der Waals surface area contributed by atoms with Crippen LogP contribution >= 0.6 is 0 Å². The van der Waals surface area contributed by atoms with Gasteiger partial charge >= 0.3 is 0 Å². The van der Waals surface area contributed by atoms with Crippen LogP contribution < -0.4 is 5.32 Å². The number of piperidine rings is 1. The van der Waals surface area contributed by atoms with Gasteiger partial charge in [-0.2, -0.15) is 0 Å². The molecule has 1 saturated heterocycles. The minimum Gasteiger partial charge on any atom is -0.380 e. The van der Waals surface area contributed by atoms with Crippen LogP contribution in [-0.4, -0.2) is 50.8 Å². The van der Waals surface area contributed by atoms with E-state index in [1.807, 2.05) is 7.11 Å². The SMILES string of the molecule is CCNCCN1CCC(C)C(OC)C1. The van der Waals surface area contributed by atoms with Gasteiger partial charge in [-0.05, 0) is 25.4 Å². The Labute approximate surface area is 87.8 Å². The third-order valence-corrected chi connectivity index (χ3v) is 3.13. The second-order valence-electron chi connectivity index (χ2n) is 4.19. The summed E-state index contributed by atoms with van der Waals surface area (Å²) in [5, 5.41) is 3.36. The van der Waals surface area contributed by atoms with Gasteiger partial charge in [0, 0.05) is 26.7 Å². The molecule has 0 aromatic heterocycles. The second-order valence-corrected chi connectivity index (χ2v) is 4.19. The van der Waals surface area contributed by atoms with Crippen molar-refractivity contribution in [2.24, 2.45) is 5.92 Å². The number of rotatable bonds is 5. The fourth-order valence-electron chi connectivity index (χ4n) is 2.02. The monoisotopic (exact) mass is 200 g/mol. The zero-order valence-corrected chi connectivity index (χ0v) is 9.75. The summed E-state index contributed by atoms with van der Waals surface area (Å²) in [6, 6.07) is 0. The number of methoxy groups -OCH3 is 1. The molecular formula is C11H24N2O. The van der Waals surface area contributed by atoms with Crippen LogP contribution in [0.25, 0.3) is 0 Å². The van der Waals surface area contributed by atoms with E-state index < -0.39 is 0 Å². The molecule has 0 radical (unpaired) electrons. The van der Waals surface area contributed by atoms with E-state index in [1.165, 1.54) is 13.0 Å². The first-order chi connectivity index (χ1) is 6.77. The molecule has 84 valence electrons. The van der Waals surface area contributed by atoms with E-state index in [4.69, 9.17) is 4.74 Å². The van der Waals surface area contributed by atoms with Crippen LogP contribution in [-0.2, 0) is 4.74 Å². The van der Waals surface area contributed by atoms with Gasteiger partial charge < -0.3 is 10.1 Å². The zero-order chi connectivity index (χ0) is 10.4. The van der Waals surface area contributed by atoms with Crippen molar-refractivity contribution in [3.63, 3.8) is 0 Å². The lowest BCUT2D eigenvalue weighted by molar-refractivity contribution is -0.00437. The Bertz CT molecular complexity index is 152. The molecule has 0 amide bonds.